The summed E-state index contributed by atoms with van der Waals surface area (Å²) in [6.07, 6.45) is -1.88. The maximum absolute atomic E-state index is 12.1. The van der Waals surface area contributed by atoms with Gasteiger partial charge in [0.05, 0.1) is 18.0 Å². The molecule has 1 aromatic carbocycles. The van der Waals surface area contributed by atoms with E-state index in [4.69, 9.17) is 20.4 Å². The van der Waals surface area contributed by atoms with Gasteiger partial charge in [-0.1, -0.05) is 12.1 Å². The topological polar surface area (TPSA) is 164 Å². The van der Waals surface area contributed by atoms with Gasteiger partial charge < -0.3 is 25.9 Å². The number of fused-ring (bicyclic) bond motifs is 1. The molecule has 0 unspecified atom stereocenters. The second-order valence-electron chi connectivity index (χ2n) is 7.11. The minimum atomic E-state index is -5.08. The third-order valence-electron chi connectivity index (χ3n) is 4.49. The van der Waals surface area contributed by atoms with Crippen LogP contribution in [0.25, 0.3) is 10.9 Å². The lowest BCUT2D eigenvalue weighted by atomic mass is 10.1. The van der Waals surface area contributed by atoms with Crippen LogP contribution < -0.4 is 16.6 Å². The molecule has 0 saturated carbocycles. The summed E-state index contributed by atoms with van der Waals surface area (Å²) >= 11 is 0. The number of unbranched alkanes of at least 4 members (excludes halogenated alkanes) is 1. The number of methoxy groups -OCH3 is 1. The van der Waals surface area contributed by atoms with Crippen molar-refractivity contribution in [1.82, 2.24) is 15.3 Å². The molecule has 0 radical (unpaired) electrons. The number of carbonyl (C=O) groups is 3. The number of aryl methyl sites for hydroxylation is 1. The molecular weight excluding hydrogens is 461 g/mol. The van der Waals surface area contributed by atoms with E-state index in [2.05, 4.69) is 15.3 Å². The van der Waals surface area contributed by atoms with E-state index in [0.29, 0.717) is 42.5 Å². The highest BCUT2D eigenvalue weighted by molar-refractivity contribution is 5.84. The first kappa shape index (κ1) is 28.6. The van der Waals surface area contributed by atoms with Crippen LogP contribution in [0.1, 0.15) is 37.9 Å². The number of H-pyrrole nitrogens is 1. The van der Waals surface area contributed by atoms with Crippen molar-refractivity contribution in [3.8, 4) is 0 Å². The molecule has 0 bridgehead atoms. The molecule has 1 heterocycles. The molecule has 188 valence electrons. The minimum absolute atomic E-state index is 0.189. The number of halogens is 3. The summed E-state index contributed by atoms with van der Waals surface area (Å²) in [5.74, 6) is -2.91. The summed E-state index contributed by atoms with van der Waals surface area (Å²) in [4.78, 5) is 52.0. The molecule has 13 heteroatoms. The van der Waals surface area contributed by atoms with Crippen molar-refractivity contribution >= 4 is 28.7 Å². The molecule has 1 atom stereocenters. The fraction of sp³-hybridized carbons (Fsp3) is 0.476. The van der Waals surface area contributed by atoms with Gasteiger partial charge in [-0.2, -0.15) is 13.2 Å². The molecular formula is C21H27F3N4O6. The van der Waals surface area contributed by atoms with Crippen molar-refractivity contribution in [1.29, 1.82) is 0 Å². The highest BCUT2D eigenvalue weighted by Gasteiger charge is 2.38. The van der Waals surface area contributed by atoms with Crippen LogP contribution in [0.5, 0.6) is 0 Å². The number of benzene rings is 1. The summed E-state index contributed by atoms with van der Waals surface area (Å²) in [6.45, 7) is 0.540. The van der Waals surface area contributed by atoms with Crippen LogP contribution >= 0.6 is 0 Å². The average Bonchev–Trinajstić information content (AvgIpc) is 2.78. The van der Waals surface area contributed by atoms with Gasteiger partial charge >= 0.3 is 18.1 Å². The van der Waals surface area contributed by atoms with Gasteiger partial charge in [-0.3, -0.25) is 9.59 Å². The van der Waals surface area contributed by atoms with Crippen molar-refractivity contribution in [2.75, 3.05) is 13.7 Å². The number of hydrogen-bond acceptors (Lipinski definition) is 7. The second-order valence-corrected chi connectivity index (χ2v) is 7.11. The highest BCUT2D eigenvalue weighted by atomic mass is 19.4. The number of ether oxygens (including phenoxy) is 1. The molecule has 0 aliphatic rings. The van der Waals surface area contributed by atoms with Gasteiger partial charge in [-0.25, -0.2) is 14.6 Å². The predicted molar refractivity (Wildman–Crippen MR) is 116 cm³/mol. The van der Waals surface area contributed by atoms with E-state index in [1.807, 2.05) is 6.07 Å². The summed E-state index contributed by atoms with van der Waals surface area (Å²) in [6, 6.07) is 6.45. The Morgan fingerprint density at radius 2 is 1.85 bits per heavy atom. The number of rotatable bonds is 10. The molecule has 1 aromatic heterocycles. The van der Waals surface area contributed by atoms with Gasteiger partial charge in [0, 0.05) is 12.8 Å². The zero-order valence-corrected chi connectivity index (χ0v) is 18.5. The van der Waals surface area contributed by atoms with Crippen LogP contribution in [-0.4, -0.2) is 58.8 Å². The van der Waals surface area contributed by atoms with E-state index >= 15 is 0 Å². The standard InChI is InChI=1S/C19H26N4O4.C2HF3O2/c1-27-19(26)15(9-4-5-12-20)22-17(24)11-6-10-16-21-14-8-3-2-7-13(14)18(25)23-16;3-2(4,5)1(6)7/h2-3,7-8,15H,4-6,9-12,20H2,1H3,(H,22,24)(H,21,23,25);(H,6,7)/t15-;/m0./s1. The van der Waals surface area contributed by atoms with Crippen LogP contribution in [0.3, 0.4) is 0 Å². The van der Waals surface area contributed by atoms with Crippen molar-refractivity contribution in [3.63, 3.8) is 0 Å². The fourth-order valence-corrected chi connectivity index (χ4v) is 2.82. The Balaban J connectivity index is 0.000000718. The first-order chi connectivity index (χ1) is 16.0. The summed E-state index contributed by atoms with van der Waals surface area (Å²) in [7, 11) is 1.30. The number of carbonyl (C=O) groups excluding carboxylic acids is 2. The minimum Gasteiger partial charge on any atom is -0.475 e. The third kappa shape index (κ3) is 9.98. The predicted octanol–water partition coefficient (Wildman–Crippen LogP) is 1.67. The Hall–Kier alpha value is -3.48. The maximum Gasteiger partial charge on any atom is 0.490 e. The Labute approximate surface area is 192 Å². The number of nitrogens with one attached hydrogen (secondary N) is 2. The first-order valence-electron chi connectivity index (χ1n) is 10.3. The lowest BCUT2D eigenvalue weighted by Crippen LogP contribution is -2.41. The number of para-hydroxylation sites is 1. The molecule has 10 nitrogen and oxygen atoms in total. The Kier molecular flexibility index (Phi) is 11.7. The molecule has 2 rings (SSSR count). The number of aromatic nitrogens is 2. The van der Waals surface area contributed by atoms with Crippen molar-refractivity contribution in [3.05, 3.63) is 40.4 Å². The van der Waals surface area contributed by atoms with Crippen molar-refractivity contribution in [2.45, 2.75) is 50.7 Å². The third-order valence-corrected chi connectivity index (χ3v) is 4.49. The zero-order valence-electron chi connectivity index (χ0n) is 18.5. The van der Waals surface area contributed by atoms with Gasteiger partial charge in [-0.15, -0.1) is 0 Å². The number of hydrogen-bond donors (Lipinski definition) is 4. The van der Waals surface area contributed by atoms with Crippen LogP contribution in [0.2, 0.25) is 0 Å². The number of aliphatic carboxylic acids is 1. The zero-order chi connectivity index (χ0) is 25.7. The molecule has 34 heavy (non-hydrogen) atoms. The Morgan fingerprint density at radius 3 is 2.44 bits per heavy atom. The molecule has 1 amide bonds. The maximum atomic E-state index is 12.1. The van der Waals surface area contributed by atoms with E-state index in [9.17, 15) is 27.6 Å². The van der Waals surface area contributed by atoms with Gasteiger partial charge in [0.2, 0.25) is 5.91 Å². The number of carboxylic acid groups (broad SMARTS) is 1. The molecule has 5 N–H and O–H groups in total. The molecule has 2 aromatic rings. The molecule has 0 fully saturated rings. The van der Waals surface area contributed by atoms with E-state index in [-0.39, 0.29) is 17.9 Å². The number of nitrogens with two attached hydrogens (primary N) is 1. The first-order valence-corrected chi connectivity index (χ1v) is 10.3. The van der Waals surface area contributed by atoms with Crippen LogP contribution in [0, 0.1) is 0 Å². The molecule has 0 spiro atoms. The van der Waals surface area contributed by atoms with Gasteiger partial charge in [0.25, 0.3) is 5.56 Å². The fourth-order valence-electron chi connectivity index (χ4n) is 2.82. The van der Waals surface area contributed by atoms with Crippen LogP contribution in [0.15, 0.2) is 29.1 Å². The normalized spacial score (nSPS) is 11.8. The highest BCUT2D eigenvalue weighted by Crippen LogP contribution is 2.13. The second kappa shape index (κ2) is 13.9. The smallest absolute Gasteiger partial charge is 0.475 e. The van der Waals surface area contributed by atoms with E-state index in [1.54, 1.807) is 18.2 Å². The van der Waals surface area contributed by atoms with Crippen LogP contribution in [-0.2, 0) is 25.5 Å². The van der Waals surface area contributed by atoms with E-state index in [0.717, 1.165) is 12.8 Å². The number of esters is 1. The molecule has 0 aliphatic carbocycles. The molecule has 0 aliphatic heterocycles. The summed E-state index contributed by atoms with van der Waals surface area (Å²) < 4.78 is 36.5. The summed E-state index contributed by atoms with van der Waals surface area (Å²) in [5, 5.41) is 10.4. The van der Waals surface area contributed by atoms with Crippen molar-refractivity contribution in [2.24, 2.45) is 5.73 Å². The summed E-state index contributed by atoms with van der Waals surface area (Å²) in [5.41, 5.74) is 5.90. The number of aromatic amines is 1. The van der Waals surface area contributed by atoms with Gasteiger partial charge in [0.15, 0.2) is 0 Å². The van der Waals surface area contributed by atoms with E-state index < -0.39 is 24.2 Å². The lowest BCUT2D eigenvalue weighted by Gasteiger charge is -2.16. The largest absolute Gasteiger partial charge is 0.490 e. The number of carboxylic acids is 1. The SMILES string of the molecule is COC(=O)[C@H](CCCCN)NC(=O)CCCc1nc2ccccc2c(=O)[nH]1.O=C(O)C(F)(F)F. The lowest BCUT2D eigenvalue weighted by molar-refractivity contribution is -0.192. The Bertz CT molecular complexity index is 1030. The van der Waals surface area contributed by atoms with Crippen molar-refractivity contribution < 1.29 is 37.4 Å². The average molecular weight is 488 g/mol. The van der Waals surface area contributed by atoms with Gasteiger partial charge in [-0.05, 0) is 44.4 Å². The number of amides is 1. The van der Waals surface area contributed by atoms with Crippen LogP contribution in [0.4, 0.5) is 13.2 Å². The monoisotopic (exact) mass is 488 g/mol. The quantitative estimate of drug-likeness (QED) is 0.290. The number of nitrogens with zero attached hydrogens (tertiary/aromatic N) is 1. The Morgan fingerprint density at radius 1 is 1.21 bits per heavy atom. The molecule has 0 saturated heterocycles. The number of alkyl halides is 3. The van der Waals surface area contributed by atoms with E-state index in [1.165, 1.54) is 7.11 Å². The van der Waals surface area contributed by atoms with Gasteiger partial charge in [0.1, 0.15) is 11.9 Å².